The second-order valence-electron chi connectivity index (χ2n) is 6.81. The molecule has 0 fully saturated rings. The Balaban J connectivity index is 1.66. The van der Waals surface area contributed by atoms with E-state index in [4.69, 9.17) is 14.2 Å². The van der Waals surface area contributed by atoms with E-state index in [0.717, 1.165) is 29.0 Å². The van der Waals surface area contributed by atoms with Crippen LogP contribution in [0.25, 0.3) is 10.8 Å². The van der Waals surface area contributed by atoms with Crippen LogP contribution in [0.5, 0.6) is 17.2 Å². The van der Waals surface area contributed by atoms with Gasteiger partial charge in [0.15, 0.2) is 0 Å². The molecule has 0 radical (unpaired) electrons. The zero-order chi connectivity index (χ0) is 19.7. The van der Waals surface area contributed by atoms with Crippen molar-refractivity contribution >= 4 is 16.5 Å². The average molecular weight is 379 g/mol. The van der Waals surface area contributed by atoms with Crippen molar-refractivity contribution in [3.63, 3.8) is 0 Å². The minimum absolute atomic E-state index is 0.0675. The van der Waals surface area contributed by atoms with Crippen molar-refractivity contribution in [2.75, 3.05) is 6.61 Å². The van der Waals surface area contributed by atoms with Crippen LogP contribution >= 0.6 is 0 Å². The number of hydrogen-bond donors (Lipinski definition) is 0. The zero-order valence-corrected chi connectivity index (χ0v) is 15.8. The lowest BCUT2D eigenvalue weighted by Crippen LogP contribution is -2.05. The van der Waals surface area contributed by atoms with Crippen LogP contribution in [0.4, 0.5) is 5.69 Å². The number of ether oxygens (including phenoxy) is 3. The minimum Gasteiger partial charge on any atom is -0.493 e. The standard InChI is InChI=1S/C22H21NO5/c1-3-26-21-11-15-10-14(2)28-22(15)12-16(21)13-27-20-9-8-19(23(24)25)17-6-4-5-7-18(17)20/h4-9,11-12,14H,3,10,13H2,1-2H3. The molecule has 0 amide bonds. The van der Waals surface area contributed by atoms with Crippen LogP contribution in [0, 0.1) is 10.1 Å². The number of benzene rings is 3. The van der Waals surface area contributed by atoms with Gasteiger partial charge in [-0.05, 0) is 38.1 Å². The molecule has 6 heteroatoms. The molecule has 4 rings (SSSR count). The number of non-ortho nitro benzene ring substituents is 1. The quantitative estimate of drug-likeness (QED) is 0.443. The molecule has 144 valence electrons. The van der Waals surface area contributed by atoms with Crippen LogP contribution in [0.15, 0.2) is 48.5 Å². The van der Waals surface area contributed by atoms with Crippen molar-refractivity contribution in [3.8, 4) is 17.2 Å². The van der Waals surface area contributed by atoms with Gasteiger partial charge in [0.2, 0.25) is 0 Å². The van der Waals surface area contributed by atoms with Gasteiger partial charge in [-0.3, -0.25) is 10.1 Å². The monoisotopic (exact) mass is 379 g/mol. The topological polar surface area (TPSA) is 70.8 Å². The molecular formula is C22H21NO5. The lowest BCUT2D eigenvalue weighted by molar-refractivity contribution is -0.383. The van der Waals surface area contributed by atoms with Gasteiger partial charge in [-0.15, -0.1) is 0 Å². The van der Waals surface area contributed by atoms with E-state index >= 15 is 0 Å². The fourth-order valence-electron chi connectivity index (χ4n) is 3.58. The number of fused-ring (bicyclic) bond motifs is 2. The zero-order valence-electron chi connectivity index (χ0n) is 15.8. The maximum absolute atomic E-state index is 11.3. The Kier molecular flexibility index (Phi) is 4.77. The molecule has 0 bridgehead atoms. The van der Waals surface area contributed by atoms with E-state index < -0.39 is 0 Å². The van der Waals surface area contributed by atoms with E-state index in [9.17, 15) is 10.1 Å². The normalized spacial score (nSPS) is 15.1. The Morgan fingerprint density at radius 3 is 2.64 bits per heavy atom. The Morgan fingerprint density at radius 2 is 1.89 bits per heavy atom. The molecule has 3 aromatic rings. The molecule has 1 aliphatic rings. The summed E-state index contributed by atoms with van der Waals surface area (Å²) in [4.78, 5) is 10.9. The maximum atomic E-state index is 11.3. The van der Waals surface area contributed by atoms with Gasteiger partial charge in [0.05, 0.1) is 16.9 Å². The predicted octanol–water partition coefficient (Wildman–Crippen LogP) is 5.05. The van der Waals surface area contributed by atoms with Crippen molar-refractivity contribution in [2.45, 2.75) is 33.0 Å². The first-order valence-corrected chi connectivity index (χ1v) is 9.31. The summed E-state index contributed by atoms with van der Waals surface area (Å²) < 4.78 is 17.7. The maximum Gasteiger partial charge on any atom is 0.277 e. The first kappa shape index (κ1) is 18.1. The van der Waals surface area contributed by atoms with Crippen LogP contribution in [-0.2, 0) is 13.0 Å². The van der Waals surface area contributed by atoms with Crippen LogP contribution in [-0.4, -0.2) is 17.6 Å². The van der Waals surface area contributed by atoms with E-state index in [1.165, 1.54) is 6.07 Å². The summed E-state index contributed by atoms with van der Waals surface area (Å²) in [6.45, 7) is 4.82. The van der Waals surface area contributed by atoms with Gasteiger partial charge in [-0.2, -0.15) is 0 Å². The summed E-state index contributed by atoms with van der Waals surface area (Å²) >= 11 is 0. The summed E-state index contributed by atoms with van der Waals surface area (Å²) in [6.07, 6.45) is 1.02. The van der Waals surface area contributed by atoms with Gasteiger partial charge in [-0.1, -0.05) is 18.2 Å². The number of nitro benzene ring substituents is 1. The molecule has 1 aliphatic heterocycles. The van der Waals surface area contributed by atoms with E-state index in [2.05, 4.69) is 0 Å². The van der Waals surface area contributed by atoms with Crippen LogP contribution < -0.4 is 14.2 Å². The summed E-state index contributed by atoms with van der Waals surface area (Å²) in [6, 6.07) is 14.3. The van der Waals surface area contributed by atoms with E-state index in [1.54, 1.807) is 18.2 Å². The first-order chi connectivity index (χ1) is 13.6. The van der Waals surface area contributed by atoms with Crippen LogP contribution in [0.2, 0.25) is 0 Å². The molecule has 28 heavy (non-hydrogen) atoms. The lowest BCUT2D eigenvalue weighted by atomic mass is 10.1. The van der Waals surface area contributed by atoms with Crippen molar-refractivity contribution in [2.24, 2.45) is 0 Å². The highest BCUT2D eigenvalue weighted by molar-refractivity contribution is 5.95. The third-order valence-corrected chi connectivity index (χ3v) is 4.82. The molecule has 0 spiro atoms. The van der Waals surface area contributed by atoms with Crippen LogP contribution in [0.3, 0.4) is 0 Å². The molecule has 0 saturated carbocycles. The lowest BCUT2D eigenvalue weighted by Gasteiger charge is -2.14. The van der Waals surface area contributed by atoms with Crippen molar-refractivity contribution in [1.29, 1.82) is 0 Å². The third-order valence-electron chi connectivity index (χ3n) is 4.82. The fraction of sp³-hybridized carbons (Fsp3) is 0.273. The largest absolute Gasteiger partial charge is 0.493 e. The third kappa shape index (κ3) is 3.33. The molecule has 0 N–H and O–H groups in total. The number of nitrogens with zero attached hydrogens (tertiary/aromatic N) is 1. The summed E-state index contributed by atoms with van der Waals surface area (Å²) in [5.74, 6) is 2.24. The predicted molar refractivity (Wildman–Crippen MR) is 106 cm³/mol. The molecule has 0 aliphatic carbocycles. The fourth-order valence-corrected chi connectivity index (χ4v) is 3.58. The summed E-state index contributed by atoms with van der Waals surface area (Å²) in [5.41, 5.74) is 2.09. The smallest absolute Gasteiger partial charge is 0.277 e. The van der Waals surface area contributed by atoms with E-state index in [-0.39, 0.29) is 23.3 Å². The van der Waals surface area contributed by atoms with Crippen molar-refractivity contribution < 1.29 is 19.1 Å². The molecular weight excluding hydrogens is 358 g/mol. The Bertz CT molecular complexity index is 1050. The molecule has 1 unspecified atom stereocenters. The summed E-state index contributed by atoms with van der Waals surface area (Å²) in [7, 11) is 0. The van der Waals surface area contributed by atoms with Gasteiger partial charge in [0.1, 0.15) is 30.0 Å². The molecule has 6 nitrogen and oxygen atoms in total. The number of hydrogen-bond acceptors (Lipinski definition) is 5. The van der Waals surface area contributed by atoms with Crippen LogP contribution in [0.1, 0.15) is 25.0 Å². The molecule has 0 aromatic heterocycles. The summed E-state index contributed by atoms with van der Waals surface area (Å²) in [5, 5.41) is 12.6. The minimum atomic E-state index is -0.377. The van der Waals surface area contributed by atoms with Gasteiger partial charge >= 0.3 is 0 Å². The molecule has 3 aromatic carbocycles. The second kappa shape index (κ2) is 7.38. The highest BCUT2D eigenvalue weighted by atomic mass is 16.6. The molecule has 0 saturated heterocycles. The van der Waals surface area contributed by atoms with Gasteiger partial charge in [0.25, 0.3) is 5.69 Å². The van der Waals surface area contributed by atoms with E-state index in [1.807, 2.05) is 38.1 Å². The Morgan fingerprint density at radius 1 is 1.11 bits per heavy atom. The van der Waals surface area contributed by atoms with Gasteiger partial charge < -0.3 is 14.2 Å². The van der Waals surface area contributed by atoms with Gasteiger partial charge in [0, 0.05) is 29.0 Å². The second-order valence-corrected chi connectivity index (χ2v) is 6.81. The number of rotatable bonds is 6. The van der Waals surface area contributed by atoms with Crippen molar-refractivity contribution in [1.82, 2.24) is 0 Å². The highest BCUT2D eigenvalue weighted by Gasteiger charge is 2.22. The molecule has 1 heterocycles. The molecule has 1 atom stereocenters. The first-order valence-electron chi connectivity index (χ1n) is 9.31. The van der Waals surface area contributed by atoms with Crippen molar-refractivity contribution in [3.05, 3.63) is 69.8 Å². The Hall–Kier alpha value is -3.28. The SMILES string of the molecule is CCOc1cc2c(cc1COc1ccc([N+](=O)[O-])c3ccccc13)OC(C)C2. The average Bonchev–Trinajstić information content (AvgIpc) is 3.04. The Labute approximate surface area is 162 Å². The number of nitro groups is 1. The van der Waals surface area contributed by atoms with Gasteiger partial charge in [-0.25, -0.2) is 0 Å². The highest BCUT2D eigenvalue weighted by Crippen LogP contribution is 2.37. The van der Waals surface area contributed by atoms with E-state index in [0.29, 0.717) is 23.1 Å².